The molecule has 3 heteroatoms. The molecule has 1 N–H and O–H groups in total. The van der Waals surface area contributed by atoms with Crippen LogP contribution in [0.4, 0.5) is 0 Å². The highest BCUT2D eigenvalue weighted by Gasteiger charge is 2.15. The summed E-state index contributed by atoms with van der Waals surface area (Å²) in [6.45, 7) is 2.00. The van der Waals surface area contributed by atoms with Crippen molar-refractivity contribution in [3.05, 3.63) is 54.1 Å². The van der Waals surface area contributed by atoms with E-state index in [4.69, 9.17) is 9.47 Å². The van der Waals surface area contributed by atoms with Gasteiger partial charge in [0.1, 0.15) is 5.75 Å². The zero-order chi connectivity index (χ0) is 15.7. The maximum absolute atomic E-state index is 10.3. The van der Waals surface area contributed by atoms with Crippen LogP contribution in [-0.2, 0) is 0 Å². The summed E-state index contributed by atoms with van der Waals surface area (Å²) < 4.78 is 10.7. The fourth-order valence-corrected chi connectivity index (χ4v) is 2.85. The van der Waals surface area contributed by atoms with E-state index in [0.717, 1.165) is 27.5 Å². The molecule has 0 aliphatic rings. The molecule has 3 aromatic carbocycles. The lowest BCUT2D eigenvalue weighted by molar-refractivity contribution is 0.355. The molecule has 0 unspecified atom stereocenters. The van der Waals surface area contributed by atoms with Gasteiger partial charge in [0.2, 0.25) is 0 Å². The van der Waals surface area contributed by atoms with Crippen LogP contribution >= 0.6 is 0 Å². The van der Waals surface area contributed by atoms with Gasteiger partial charge in [-0.1, -0.05) is 30.3 Å². The van der Waals surface area contributed by atoms with Gasteiger partial charge in [-0.3, -0.25) is 0 Å². The van der Waals surface area contributed by atoms with Crippen molar-refractivity contribution in [2.75, 3.05) is 14.2 Å². The van der Waals surface area contributed by atoms with Crippen LogP contribution in [0.25, 0.3) is 21.9 Å². The van der Waals surface area contributed by atoms with Crippen LogP contribution < -0.4 is 9.47 Å². The van der Waals surface area contributed by atoms with Gasteiger partial charge in [0.25, 0.3) is 0 Å². The van der Waals surface area contributed by atoms with Gasteiger partial charge in [0.05, 0.1) is 14.2 Å². The average molecular weight is 294 g/mol. The lowest BCUT2D eigenvalue weighted by Gasteiger charge is -2.15. The minimum absolute atomic E-state index is 0.244. The van der Waals surface area contributed by atoms with E-state index < -0.39 is 0 Å². The van der Waals surface area contributed by atoms with Gasteiger partial charge in [-0.25, -0.2) is 0 Å². The monoisotopic (exact) mass is 294 g/mol. The van der Waals surface area contributed by atoms with E-state index in [0.29, 0.717) is 11.5 Å². The number of aromatic hydroxyl groups is 1. The van der Waals surface area contributed by atoms with E-state index in [2.05, 4.69) is 12.1 Å². The van der Waals surface area contributed by atoms with Gasteiger partial charge in [-0.05, 0) is 47.2 Å². The summed E-state index contributed by atoms with van der Waals surface area (Å²) in [6.07, 6.45) is 0. The molecule has 0 aliphatic carbocycles. The fraction of sp³-hybridized carbons (Fsp3) is 0.158. The highest BCUT2D eigenvalue weighted by atomic mass is 16.5. The van der Waals surface area contributed by atoms with Gasteiger partial charge in [0.15, 0.2) is 11.5 Å². The number of phenolic OH excluding ortho intramolecular Hbond substituents is 1. The van der Waals surface area contributed by atoms with E-state index in [-0.39, 0.29) is 5.75 Å². The first kappa shape index (κ1) is 14.3. The standard InChI is InChI=1S/C19H18O3/c1-12-9-16(20)14-10-17(21-2)18(22-3)11-15(14)19(12)13-7-5-4-6-8-13/h4-11,20H,1-3H3. The smallest absolute Gasteiger partial charge is 0.161 e. The van der Waals surface area contributed by atoms with Gasteiger partial charge in [0, 0.05) is 5.39 Å². The van der Waals surface area contributed by atoms with Gasteiger partial charge in [-0.15, -0.1) is 0 Å². The molecule has 0 aliphatic heterocycles. The quantitative estimate of drug-likeness (QED) is 0.771. The molecule has 22 heavy (non-hydrogen) atoms. The Hall–Kier alpha value is -2.68. The summed E-state index contributed by atoms with van der Waals surface area (Å²) in [5, 5.41) is 12.0. The lowest BCUT2D eigenvalue weighted by Crippen LogP contribution is -1.93. The molecule has 112 valence electrons. The minimum atomic E-state index is 0.244. The molecule has 0 spiro atoms. The van der Waals surface area contributed by atoms with E-state index in [1.807, 2.05) is 37.3 Å². The molecule has 3 nitrogen and oxygen atoms in total. The zero-order valence-electron chi connectivity index (χ0n) is 12.9. The third-order valence-electron chi connectivity index (χ3n) is 3.88. The molecule has 0 radical (unpaired) electrons. The molecule has 0 saturated heterocycles. The maximum atomic E-state index is 10.3. The number of aryl methyl sites for hydroxylation is 1. The Labute approximate surface area is 129 Å². The Kier molecular flexibility index (Phi) is 3.63. The third kappa shape index (κ3) is 2.25. The lowest BCUT2D eigenvalue weighted by atomic mass is 9.93. The Bertz CT molecular complexity index is 823. The van der Waals surface area contributed by atoms with Crippen LogP contribution in [0.15, 0.2) is 48.5 Å². The van der Waals surface area contributed by atoms with Crippen LogP contribution in [0.5, 0.6) is 17.2 Å². The van der Waals surface area contributed by atoms with Gasteiger partial charge in [-0.2, -0.15) is 0 Å². The molecule has 0 heterocycles. The van der Waals surface area contributed by atoms with Crippen LogP contribution in [0, 0.1) is 6.92 Å². The van der Waals surface area contributed by atoms with E-state index in [1.165, 1.54) is 0 Å². The van der Waals surface area contributed by atoms with Crippen molar-refractivity contribution in [2.24, 2.45) is 0 Å². The molecule has 0 amide bonds. The average Bonchev–Trinajstić information content (AvgIpc) is 2.54. The normalized spacial score (nSPS) is 10.7. The predicted octanol–water partition coefficient (Wildman–Crippen LogP) is 4.54. The second-order valence-corrected chi connectivity index (χ2v) is 5.21. The van der Waals surface area contributed by atoms with Crippen molar-refractivity contribution in [3.8, 4) is 28.4 Å². The molecular weight excluding hydrogens is 276 g/mol. The van der Waals surface area contributed by atoms with Crippen molar-refractivity contribution in [2.45, 2.75) is 6.92 Å². The molecule has 0 bridgehead atoms. The summed E-state index contributed by atoms with van der Waals surface area (Å²) in [5.74, 6) is 1.50. The number of fused-ring (bicyclic) bond motifs is 1. The van der Waals surface area contributed by atoms with Crippen LogP contribution in [0.3, 0.4) is 0 Å². The SMILES string of the molecule is COc1cc2c(O)cc(C)c(-c3ccccc3)c2cc1OC. The second-order valence-electron chi connectivity index (χ2n) is 5.21. The van der Waals surface area contributed by atoms with Crippen molar-refractivity contribution in [1.82, 2.24) is 0 Å². The molecule has 0 fully saturated rings. The Morgan fingerprint density at radius 2 is 1.41 bits per heavy atom. The Morgan fingerprint density at radius 1 is 0.818 bits per heavy atom. The summed E-state index contributed by atoms with van der Waals surface area (Å²) >= 11 is 0. The Morgan fingerprint density at radius 3 is 2.00 bits per heavy atom. The molecular formula is C19H18O3. The summed E-state index contributed by atoms with van der Waals surface area (Å²) in [5.41, 5.74) is 3.22. The van der Waals surface area contributed by atoms with E-state index in [9.17, 15) is 5.11 Å². The van der Waals surface area contributed by atoms with E-state index >= 15 is 0 Å². The Balaban J connectivity index is 2.41. The molecule has 0 saturated carbocycles. The highest BCUT2D eigenvalue weighted by Crippen LogP contribution is 2.42. The van der Waals surface area contributed by atoms with Crippen molar-refractivity contribution >= 4 is 10.8 Å². The van der Waals surface area contributed by atoms with Crippen LogP contribution in [-0.4, -0.2) is 19.3 Å². The van der Waals surface area contributed by atoms with Gasteiger partial charge < -0.3 is 14.6 Å². The zero-order valence-corrected chi connectivity index (χ0v) is 12.9. The fourth-order valence-electron chi connectivity index (χ4n) is 2.85. The second kappa shape index (κ2) is 5.60. The summed E-state index contributed by atoms with van der Waals surface area (Å²) in [6, 6.07) is 15.7. The summed E-state index contributed by atoms with van der Waals surface area (Å²) in [4.78, 5) is 0. The van der Waals surface area contributed by atoms with Crippen molar-refractivity contribution in [1.29, 1.82) is 0 Å². The first-order chi connectivity index (χ1) is 10.7. The first-order valence-electron chi connectivity index (χ1n) is 7.09. The summed E-state index contributed by atoms with van der Waals surface area (Å²) in [7, 11) is 3.20. The number of hydrogen-bond acceptors (Lipinski definition) is 3. The topological polar surface area (TPSA) is 38.7 Å². The number of hydrogen-bond donors (Lipinski definition) is 1. The number of methoxy groups -OCH3 is 2. The van der Waals surface area contributed by atoms with E-state index in [1.54, 1.807) is 20.3 Å². The minimum Gasteiger partial charge on any atom is -0.507 e. The highest BCUT2D eigenvalue weighted by molar-refractivity contribution is 6.03. The van der Waals surface area contributed by atoms with Crippen LogP contribution in [0.2, 0.25) is 0 Å². The number of phenols is 1. The van der Waals surface area contributed by atoms with Crippen molar-refractivity contribution in [3.63, 3.8) is 0 Å². The third-order valence-corrected chi connectivity index (χ3v) is 3.88. The number of benzene rings is 3. The molecule has 0 atom stereocenters. The maximum Gasteiger partial charge on any atom is 0.161 e. The largest absolute Gasteiger partial charge is 0.507 e. The number of ether oxygens (including phenoxy) is 2. The number of rotatable bonds is 3. The van der Waals surface area contributed by atoms with Gasteiger partial charge >= 0.3 is 0 Å². The molecule has 3 aromatic rings. The first-order valence-corrected chi connectivity index (χ1v) is 7.09. The molecule has 0 aromatic heterocycles. The molecule has 3 rings (SSSR count). The van der Waals surface area contributed by atoms with Crippen molar-refractivity contribution < 1.29 is 14.6 Å². The predicted molar refractivity (Wildman–Crippen MR) is 88.9 cm³/mol. The van der Waals surface area contributed by atoms with Crippen LogP contribution in [0.1, 0.15) is 5.56 Å².